The van der Waals surface area contributed by atoms with Gasteiger partial charge < -0.3 is 14.8 Å². The number of hydrogen-bond acceptors (Lipinski definition) is 3. The number of fused-ring (bicyclic) bond motifs is 3. The van der Waals surface area contributed by atoms with E-state index in [9.17, 15) is 9.59 Å². The van der Waals surface area contributed by atoms with E-state index >= 15 is 0 Å². The zero-order chi connectivity index (χ0) is 20.0. The predicted octanol–water partition coefficient (Wildman–Crippen LogP) is 4.18. The van der Waals surface area contributed by atoms with Gasteiger partial charge in [0.1, 0.15) is 11.2 Å². The fourth-order valence-electron chi connectivity index (χ4n) is 4.70. The molecule has 1 unspecified atom stereocenters. The molecule has 3 aromatic rings. The van der Waals surface area contributed by atoms with Gasteiger partial charge in [-0.25, -0.2) is 0 Å². The number of nitrogens with zero attached hydrogens (tertiary/aromatic N) is 2. The second kappa shape index (κ2) is 7.02. The van der Waals surface area contributed by atoms with E-state index in [4.69, 9.17) is 0 Å². The second-order valence-electron chi connectivity index (χ2n) is 8.39. The van der Waals surface area contributed by atoms with E-state index in [-0.39, 0.29) is 17.9 Å². The minimum Gasteiger partial charge on any atom is -0.351 e. The van der Waals surface area contributed by atoms with Crippen LogP contribution in [0.2, 0.25) is 0 Å². The first-order valence-electron chi connectivity index (χ1n) is 10.3. The maximum Gasteiger partial charge on any atom is 0.271 e. The van der Waals surface area contributed by atoms with Crippen LogP contribution in [0.25, 0.3) is 10.2 Å². The Kier molecular flexibility index (Phi) is 4.46. The van der Waals surface area contributed by atoms with Crippen molar-refractivity contribution in [1.29, 1.82) is 0 Å². The lowest BCUT2D eigenvalue weighted by Crippen LogP contribution is -2.64. The molecule has 29 heavy (non-hydrogen) atoms. The topological polar surface area (TPSA) is 54.3 Å². The Morgan fingerprint density at radius 1 is 1.21 bits per heavy atom. The van der Waals surface area contributed by atoms with Gasteiger partial charge >= 0.3 is 0 Å². The van der Waals surface area contributed by atoms with Crippen LogP contribution in [0.1, 0.15) is 48.7 Å². The third-order valence-electron chi connectivity index (χ3n) is 6.41. The molecule has 1 atom stereocenters. The largest absolute Gasteiger partial charge is 0.351 e. The van der Waals surface area contributed by atoms with Crippen molar-refractivity contribution in [1.82, 2.24) is 14.8 Å². The monoisotopic (exact) mass is 407 g/mol. The van der Waals surface area contributed by atoms with Gasteiger partial charge in [-0.05, 0) is 42.8 Å². The summed E-state index contributed by atoms with van der Waals surface area (Å²) in [5.74, 6) is -0.121. The van der Waals surface area contributed by atoms with Crippen molar-refractivity contribution < 1.29 is 9.59 Å². The molecule has 5 nitrogen and oxygen atoms in total. The lowest BCUT2D eigenvalue weighted by atomic mass is 9.93. The van der Waals surface area contributed by atoms with Crippen LogP contribution in [0.5, 0.6) is 0 Å². The van der Waals surface area contributed by atoms with Gasteiger partial charge in [-0.3, -0.25) is 9.59 Å². The molecule has 1 aliphatic heterocycles. The number of hydrogen-bond donors (Lipinski definition) is 1. The fraction of sp³-hybridized carbons (Fsp3) is 0.391. The second-order valence-corrected chi connectivity index (χ2v) is 9.34. The Morgan fingerprint density at radius 3 is 2.72 bits per heavy atom. The normalized spacial score (nSPS) is 22.2. The molecule has 2 aromatic heterocycles. The molecular formula is C23H25N3O2S. The Bertz CT molecular complexity index is 1060. The highest BCUT2D eigenvalue weighted by atomic mass is 32.1. The molecule has 6 heteroatoms. The summed E-state index contributed by atoms with van der Waals surface area (Å²) in [5, 5.41) is 5.28. The predicted molar refractivity (Wildman–Crippen MR) is 115 cm³/mol. The summed E-state index contributed by atoms with van der Waals surface area (Å²) in [7, 11) is 0. The number of carbonyl (C=O) groups excluding carboxylic acids is 2. The quantitative estimate of drug-likeness (QED) is 0.706. The number of carbonyl (C=O) groups is 2. The van der Waals surface area contributed by atoms with Crippen LogP contribution in [0, 0.1) is 0 Å². The molecule has 5 rings (SSSR count). The van der Waals surface area contributed by atoms with Crippen LogP contribution in [0.4, 0.5) is 0 Å². The van der Waals surface area contributed by atoms with Crippen molar-refractivity contribution in [2.24, 2.45) is 0 Å². The lowest BCUT2D eigenvalue weighted by Gasteiger charge is -2.44. The van der Waals surface area contributed by atoms with Crippen molar-refractivity contribution in [3.8, 4) is 0 Å². The standard InChI is InChI=1S/C23H25N3O2S/c1-23(22(28)24-17-9-5-6-10-17)15-25-18-11-12-29-20(18)13-19(25)21(27)26(23)14-16-7-3-2-4-8-16/h2-4,7-8,11-13,17H,5-6,9-10,14-15H2,1H3,(H,24,28). The van der Waals surface area contributed by atoms with Crippen molar-refractivity contribution in [3.05, 3.63) is 59.1 Å². The van der Waals surface area contributed by atoms with E-state index in [0.717, 1.165) is 41.5 Å². The maximum absolute atomic E-state index is 13.6. The number of benzene rings is 1. The SMILES string of the molecule is CC1(C(=O)NC2CCCC2)Cn2c(cc3sccc32)C(=O)N1Cc1ccccc1. The summed E-state index contributed by atoms with van der Waals surface area (Å²) >= 11 is 1.63. The Labute approximate surface area is 174 Å². The van der Waals surface area contributed by atoms with E-state index in [2.05, 4.69) is 5.32 Å². The highest BCUT2D eigenvalue weighted by Crippen LogP contribution is 2.35. The zero-order valence-corrected chi connectivity index (χ0v) is 17.4. The van der Waals surface area contributed by atoms with Crippen molar-refractivity contribution >= 4 is 33.4 Å². The highest BCUT2D eigenvalue weighted by Gasteiger charge is 2.48. The van der Waals surface area contributed by atoms with Crippen molar-refractivity contribution in [2.75, 3.05) is 0 Å². The number of aromatic nitrogens is 1. The first-order valence-corrected chi connectivity index (χ1v) is 11.2. The molecule has 150 valence electrons. The minimum atomic E-state index is -0.934. The Balaban J connectivity index is 1.55. The van der Waals surface area contributed by atoms with Gasteiger partial charge in [0.15, 0.2) is 0 Å². The number of amides is 2. The third kappa shape index (κ3) is 3.06. The van der Waals surface area contributed by atoms with Gasteiger partial charge in [0, 0.05) is 12.6 Å². The first-order chi connectivity index (χ1) is 14.1. The van der Waals surface area contributed by atoms with Gasteiger partial charge in [0.2, 0.25) is 5.91 Å². The van der Waals surface area contributed by atoms with E-state index in [1.54, 1.807) is 16.2 Å². The van der Waals surface area contributed by atoms with Crippen molar-refractivity contribution in [2.45, 2.75) is 57.3 Å². The third-order valence-corrected chi connectivity index (χ3v) is 7.26. The summed E-state index contributed by atoms with van der Waals surface area (Å²) in [4.78, 5) is 28.9. The number of nitrogens with one attached hydrogen (secondary N) is 1. The minimum absolute atomic E-state index is 0.0450. The number of rotatable bonds is 4. The van der Waals surface area contributed by atoms with Crippen LogP contribution in [0.3, 0.4) is 0 Å². The van der Waals surface area contributed by atoms with Crippen LogP contribution < -0.4 is 5.32 Å². The molecule has 1 N–H and O–H groups in total. The van der Waals surface area contributed by atoms with Crippen LogP contribution >= 0.6 is 11.3 Å². The molecule has 0 spiro atoms. The van der Waals surface area contributed by atoms with Gasteiger partial charge in [0.05, 0.1) is 16.8 Å². The molecular weight excluding hydrogens is 382 g/mol. The molecule has 3 heterocycles. The molecule has 1 fully saturated rings. The molecule has 0 bridgehead atoms. The van der Waals surface area contributed by atoms with Gasteiger partial charge in [-0.1, -0.05) is 43.2 Å². The fourth-order valence-corrected chi connectivity index (χ4v) is 5.52. The Morgan fingerprint density at radius 2 is 1.97 bits per heavy atom. The molecule has 1 aliphatic carbocycles. The average molecular weight is 408 g/mol. The van der Waals surface area contributed by atoms with Crippen LogP contribution in [-0.4, -0.2) is 32.9 Å². The van der Waals surface area contributed by atoms with E-state index < -0.39 is 5.54 Å². The van der Waals surface area contributed by atoms with Gasteiger partial charge in [-0.15, -0.1) is 11.3 Å². The summed E-state index contributed by atoms with van der Waals surface area (Å²) in [6, 6.07) is 14.2. The van der Waals surface area contributed by atoms with Gasteiger partial charge in [-0.2, -0.15) is 0 Å². The summed E-state index contributed by atoms with van der Waals surface area (Å²) in [5.41, 5.74) is 1.81. The van der Waals surface area contributed by atoms with Crippen LogP contribution in [0.15, 0.2) is 47.8 Å². The average Bonchev–Trinajstić information content (AvgIpc) is 3.45. The maximum atomic E-state index is 13.6. The van der Waals surface area contributed by atoms with E-state index in [1.807, 2.05) is 59.3 Å². The smallest absolute Gasteiger partial charge is 0.271 e. The summed E-state index contributed by atoms with van der Waals surface area (Å²) in [6.07, 6.45) is 4.37. The molecule has 1 saturated carbocycles. The van der Waals surface area contributed by atoms with E-state index in [0.29, 0.717) is 18.8 Å². The summed E-state index contributed by atoms with van der Waals surface area (Å²) in [6.45, 7) is 2.81. The van der Waals surface area contributed by atoms with Crippen molar-refractivity contribution in [3.63, 3.8) is 0 Å². The molecule has 0 radical (unpaired) electrons. The molecule has 1 aromatic carbocycles. The Hall–Kier alpha value is -2.60. The highest BCUT2D eigenvalue weighted by molar-refractivity contribution is 7.17. The molecule has 2 aliphatic rings. The molecule has 0 saturated heterocycles. The first kappa shape index (κ1) is 18.4. The molecule has 2 amide bonds. The lowest BCUT2D eigenvalue weighted by molar-refractivity contribution is -0.133. The zero-order valence-electron chi connectivity index (χ0n) is 16.6. The summed E-state index contributed by atoms with van der Waals surface area (Å²) < 4.78 is 3.12. The van der Waals surface area contributed by atoms with E-state index in [1.165, 1.54) is 0 Å². The number of thiophene rings is 1. The van der Waals surface area contributed by atoms with Crippen LogP contribution in [-0.2, 0) is 17.9 Å². The van der Waals surface area contributed by atoms with Gasteiger partial charge in [0.25, 0.3) is 5.91 Å².